The number of thiophene rings is 1. The molecule has 1 saturated carbocycles. The number of amides is 1. The van der Waals surface area contributed by atoms with Crippen molar-refractivity contribution in [2.75, 3.05) is 19.6 Å². The summed E-state index contributed by atoms with van der Waals surface area (Å²) in [5, 5.41) is 2.12. The zero-order chi connectivity index (χ0) is 30.1. The van der Waals surface area contributed by atoms with Crippen molar-refractivity contribution in [2.45, 2.75) is 110 Å². The van der Waals surface area contributed by atoms with Crippen molar-refractivity contribution in [3.8, 4) is 0 Å². The van der Waals surface area contributed by atoms with Crippen LogP contribution in [0.15, 0.2) is 35.7 Å². The van der Waals surface area contributed by atoms with E-state index in [-0.39, 0.29) is 24.0 Å². The smallest absolute Gasteiger partial charge is 0.226 e. The molecule has 0 radical (unpaired) electrons. The molecule has 1 aromatic carbocycles. The molecule has 0 spiro atoms. The van der Waals surface area contributed by atoms with E-state index in [9.17, 15) is 9.59 Å². The highest BCUT2D eigenvalue weighted by Crippen LogP contribution is 2.36. The van der Waals surface area contributed by atoms with Gasteiger partial charge in [0.05, 0.1) is 11.0 Å². The summed E-state index contributed by atoms with van der Waals surface area (Å²) < 4.78 is 2.40. The van der Waals surface area contributed by atoms with E-state index in [1.54, 1.807) is 11.3 Å². The Morgan fingerprint density at radius 1 is 1.05 bits per heavy atom. The molecule has 3 aromatic rings. The van der Waals surface area contributed by atoms with Gasteiger partial charge in [0.1, 0.15) is 5.82 Å². The number of aromatic nitrogens is 2. The van der Waals surface area contributed by atoms with Crippen molar-refractivity contribution in [3.05, 3.63) is 52.0 Å². The molecule has 2 saturated heterocycles. The highest BCUT2D eigenvalue weighted by molar-refractivity contribution is 7.09. The Morgan fingerprint density at radius 2 is 1.84 bits per heavy atom. The van der Waals surface area contributed by atoms with Crippen molar-refractivity contribution in [1.29, 1.82) is 0 Å². The first-order valence-electron chi connectivity index (χ1n) is 16.9. The Kier molecular flexibility index (Phi) is 9.39. The van der Waals surface area contributed by atoms with Crippen LogP contribution in [0.4, 0.5) is 0 Å². The van der Waals surface area contributed by atoms with Crippen molar-refractivity contribution in [1.82, 2.24) is 19.4 Å². The number of rotatable bonds is 13. The number of carbonyl (C=O) groups is 2. The summed E-state index contributed by atoms with van der Waals surface area (Å²) in [4.78, 5) is 39.0. The van der Waals surface area contributed by atoms with E-state index in [2.05, 4.69) is 65.6 Å². The molecular weight excluding hydrogens is 552 g/mol. The van der Waals surface area contributed by atoms with E-state index >= 15 is 0 Å². The van der Waals surface area contributed by atoms with Crippen LogP contribution in [0.1, 0.15) is 113 Å². The zero-order valence-electron chi connectivity index (χ0n) is 26.6. The van der Waals surface area contributed by atoms with E-state index in [0.29, 0.717) is 29.6 Å². The molecular formula is C36H50N4O2S. The fourth-order valence-corrected chi connectivity index (χ4v) is 8.96. The van der Waals surface area contributed by atoms with Crippen LogP contribution in [-0.4, -0.2) is 62.8 Å². The minimum Gasteiger partial charge on any atom is -0.337 e. The van der Waals surface area contributed by atoms with E-state index in [0.717, 1.165) is 68.0 Å². The molecule has 2 bridgehead atoms. The van der Waals surface area contributed by atoms with Crippen LogP contribution in [0, 0.1) is 17.8 Å². The lowest BCUT2D eigenvalue weighted by Crippen LogP contribution is -2.51. The van der Waals surface area contributed by atoms with Gasteiger partial charge in [0, 0.05) is 67.0 Å². The molecule has 4 heterocycles. The molecule has 3 fully saturated rings. The Morgan fingerprint density at radius 3 is 2.49 bits per heavy atom. The second kappa shape index (κ2) is 13.2. The molecule has 232 valence electrons. The maximum Gasteiger partial charge on any atom is 0.226 e. The monoisotopic (exact) mass is 602 g/mol. The fourth-order valence-electron chi connectivity index (χ4n) is 8.26. The first-order chi connectivity index (χ1) is 20.8. The Bertz CT molecular complexity index is 1400. The van der Waals surface area contributed by atoms with Crippen LogP contribution in [0.25, 0.3) is 11.0 Å². The number of hydrogen-bond donors (Lipinski definition) is 0. The first-order valence-corrected chi connectivity index (χ1v) is 17.8. The third-order valence-electron chi connectivity index (χ3n) is 10.4. The second-order valence-corrected chi connectivity index (χ2v) is 15.0. The zero-order valence-corrected chi connectivity index (χ0v) is 27.5. The predicted molar refractivity (Wildman–Crippen MR) is 176 cm³/mol. The summed E-state index contributed by atoms with van der Waals surface area (Å²) in [5.41, 5.74) is 2.66. The van der Waals surface area contributed by atoms with Crippen LogP contribution in [0.5, 0.6) is 0 Å². The number of benzene rings is 1. The maximum atomic E-state index is 14.0. The van der Waals surface area contributed by atoms with Crippen molar-refractivity contribution < 1.29 is 9.59 Å². The summed E-state index contributed by atoms with van der Waals surface area (Å²) in [6.45, 7) is 11.9. The van der Waals surface area contributed by atoms with Crippen molar-refractivity contribution >= 4 is 34.1 Å². The van der Waals surface area contributed by atoms with Gasteiger partial charge in [-0.1, -0.05) is 46.6 Å². The van der Waals surface area contributed by atoms with Crippen LogP contribution < -0.4 is 0 Å². The minimum atomic E-state index is -0.262. The van der Waals surface area contributed by atoms with Gasteiger partial charge in [-0.15, -0.1) is 11.3 Å². The van der Waals surface area contributed by atoms with Gasteiger partial charge in [-0.25, -0.2) is 4.98 Å². The lowest BCUT2D eigenvalue weighted by atomic mass is 9.89. The van der Waals surface area contributed by atoms with Crippen molar-refractivity contribution in [3.63, 3.8) is 0 Å². The van der Waals surface area contributed by atoms with E-state index in [1.165, 1.54) is 37.1 Å². The summed E-state index contributed by atoms with van der Waals surface area (Å²) in [5.74, 6) is 2.27. The summed E-state index contributed by atoms with van der Waals surface area (Å²) in [6.07, 6.45) is 10.5. The van der Waals surface area contributed by atoms with E-state index in [4.69, 9.17) is 4.98 Å². The number of Topliss-reactive ketones (excluding diaryl/α,β-unsaturated/α-hetero) is 1. The van der Waals surface area contributed by atoms with Gasteiger partial charge >= 0.3 is 0 Å². The van der Waals surface area contributed by atoms with E-state index in [1.807, 2.05) is 12.1 Å². The molecule has 1 amide bonds. The number of nitrogens with zero attached hydrogens (tertiary/aromatic N) is 4. The largest absolute Gasteiger partial charge is 0.337 e. The molecule has 6 nitrogen and oxygen atoms in total. The topological polar surface area (TPSA) is 58.4 Å². The van der Waals surface area contributed by atoms with Gasteiger partial charge in [0.2, 0.25) is 5.91 Å². The number of imidazole rings is 1. The molecule has 0 N–H and O–H groups in total. The highest BCUT2D eigenvalue weighted by Gasteiger charge is 2.47. The number of fused-ring (bicyclic) bond motifs is 3. The quantitative estimate of drug-likeness (QED) is 0.188. The Hall–Kier alpha value is -2.51. The summed E-state index contributed by atoms with van der Waals surface area (Å²) >= 11 is 1.76. The summed E-state index contributed by atoms with van der Waals surface area (Å²) in [6, 6.07) is 11.5. The molecule has 3 aliphatic rings. The van der Waals surface area contributed by atoms with Crippen LogP contribution in [0.3, 0.4) is 0 Å². The molecule has 2 unspecified atom stereocenters. The van der Waals surface area contributed by atoms with Crippen molar-refractivity contribution in [2.24, 2.45) is 17.8 Å². The molecule has 3 atom stereocenters. The number of hydrogen-bond acceptors (Lipinski definition) is 5. The number of likely N-dealkylation sites (tertiary alicyclic amines) is 2. The molecule has 2 aliphatic heterocycles. The fraction of sp³-hybridized carbons (Fsp3) is 0.639. The Labute approximate surface area is 261 Å². The van der Waals surface area contributed by atoms with Crippen LogP contribution in [0.2, 0.25) is 0 Å². The average Bonchev–Trinajstić information content (AvgIpc) is 3.83. The SMILES string of the molecule is CCC(CC)n1c(Cc2cccs2)nc2cc(C(=O)C[C@@H](CC(C)C)C(=O)N3CC4CC3CN4CC3CCCC3)ccc21. The third kappa shape index (κ3) is 6.49. The van der Waals surface area contributed by atoms with Gasteiger partial charge in [0.15, 0.2) is 5.78 Å². The Balaban J connectivity index is 1.18. The molecule has 7 heteroatoms. The lowest BCUT2D eigenvalue weighted by Gasteiger charge is -2.37. The predicted octanol–water partition coefficient (Wildman–Crippen LogP) is 7.76. The normalized spacial score (nSPS) is 21.7. The van der Waals surface area contributed by atoms with E-state index < -0.39 is 0 Å². The second-order valence-electron chi connectivity index (χ2n) is 13.9. The third-order valence-corrected chi connectivity index (χ3v) is 11.3. The first kappa shape index (κ1) is 30.5. The number of ketones is 1. The van der Waals surface area contributed by atoms with Gasteiger partial charge in [0.25, 0.3) is 0 Å². The maximum absolute atomic E-state index is 14.0. The lowest BCUT2D eigenvalue weighted by molar-refractivity contribution is -0.138. The standard InChI is InChI=1S/C36H50N4O2S/c1-5-28(6-2)40-33-14-13-26(17-32(33)37-35(40)20-31-12-9-15-43-31)34(41)18-27(16-24(3)4)36(42)39-23-29-19-30(39)22-38(29)21-25-10-7-8-11-25/h9,12-15,17,24-25,27-30H,5-8,10-11,16,18-23H2,1-4H3/t27-,29?,30?/m1/s1. The average molecular weight is 603 g/mol. The van der Waals surface area contributed by atoms with Gasteiger partial charge in [-0.3, -0.25) is 14.5 Å². The van der Waals surface area contributed by atoms with Gasteiger partial charge in [-0.2, -0.15) is 0 Å². The summed E-state index contributed by atoms with van der Waals surface area (Å²) in [7, 11) is 0. The highest BCUT2D eigenvalue weighted by atomic mass is 32.1. The molecule has 1 aliphatic carbocycles. The van der Waals surface area contributed by atoms with Crippen LogP contribution in [-0.2, 0) is 11.2 Å². The van der Waals surface area contributed by atoms with Crippen LogP contribution >= 0.6 is 11.3 Å². The van der Waals surface area contributed by atoms with Gasteiger partial charge in [-0.05, 0) is 80.0 Å². The molecule has 43 heavy (non-hydrogen) atoms. The molecule has 2 aromatic heterocycles. The number of piperazine rings is 1. The molecule has 6 rings (SSSR count). The van der Waals surface area contributed by atoms with Gasteiger partial charge < -0.3 is 9.47 Å². The number of carbonyl (C=O) groups excluding carboxylic acids is 2. The minimum absolute atomic E-state index is 0.0602.